The Morgan fingerprint density at radius 3 is 2.83 bits per heavy atom. The number of rotatable bonds is 4. The largest absolute Gasteiger partial charge is 0.469 e. The van der Waals surface area contributed by atoms with Crippen molar-refractivity contribution in [1.82, 2.24) is 20.2 Å². The van der Waals surface area contributed by atoms with Crippen molar-refractivity contribution in [3.63, 3.8) is 0 Å². The van der Waals surface area contributed by atoms with E-state index >= 15 is 0 Å². The summed E-state index contributed by atoms with van der Waals surface area (Å²) in [6.45, 7) is 4.86. The van der Waals surface area contributed by atoms with E-state index in [1.165, 1.54) is 0 Å². The fourth-order valence-electron chi connectivity index (χ4n) is 2.68. The van der Waals surface area contributed by atoms with E-state index in [1.54, 1.807) is 24.9 Å². The molecule has 23 heavy (non-hydrogen) atoms. The molecular weight excluding hydrogens is 294 g/mol. The van der Waals surface area contributed by atoms with Crippen molar-refractivity contribution in [2.24, 2.45) is 0 Å². The first-order valence-electron chi connectivity index (χ1n) is 7.81. The lowest BCUT2D eigenvalue weighted by Gasteiger charge is -2.35. The van der Waals surface area contributed by atoms with Gasteiger partial charge in [0.2, 0.25) is 0 Å². The quantitative estimate of drug-likeness (QED) is 0.926. The van der Waals surface area contributed by atoms with E-state index in [0.29, 0.717) is 19.5 Å². The first-order valence-corrected chi connectivity index (χ1v) is 7.81. The van der Waals surface area contributed by atoms with Crippen molar-refractivity contribution >= 4 is 11.8 Å². The lowest BCUT2D eigenvalue weighted by molar-refractivity contribution is 0.190. The van der Waals surface area contributed by atoms with E-state index in [0.717, 1.165) is 24.7 Å². The molecule has 1 N–H and O–H groups in total. The number of carbonyl (C=O) groups is 1. The van der Waals surface area contributed by atoms with Gasteiger partial charge in [-0.2, -0.15) is 0 Å². The van der Waals surface area contributed by atoms with Crippen LogP contribution in [0.1, 0.15) is 12.7 Å². The Kier molecular flexibility index (Phi) is 4.75. The minimum Gasteiger partial charge on any atom is -0.469 e. The molecule has 1 aliphatic rings. The van der Waals surface area contributed by atoms with Crippen LogP contribution >= 0.6 is 0 Å². The predicted octanol–water partition coefficient (Wildman–Crippen LogP) is 1.53. The van der Waals surface area contributed by atoms with Crippen LogP contribution in [0.2, 0.25) is 0 Å². The molecule has 0 aliphatic carbocycles. The molecule has 1 aliphatic heterocycles. The summed E-state index contributed by atoms with van der Waals surface area (Å²) in [6.07, 6.45) is 7.44. The number of urea groups is 1. The van der Waals surface area contributed by atoms with Crippen LogP contribution in [0.15, 0.2) is 41.4 Å². The van der Waals surface area contributed by atoms with Gasteiger partial charge in [0.1, 0.15) is 11.6 Å². The molecular formula is C16H21N5O2. The number of aromatic nitrogens is 2. The molecule has 7 nitrogen and oxygen atoms in total. The van der Waals surface area contributed by atoms with Crippen molar-refractivity contribution in [2.75, 3.05) is 31.1 Å². The molecule has 1 saturated heterocycles. The highest BCUT2D eigenvalue weighted by Gasteiger charge is 2.23. The van der Waals surface area contributed by atoms with Crippen LogP contribution in [0.4, 0.5) is 10.6 Å². The molecule has 3 heterocycles. The van der Waals surface area contributed by atoms with Crippen molar-refractivity contribution in [2.45, 2.75) is 19.4 Å². The number of anilines is 1. The standard InChI is InChI=1S/C16H21N5O2/c1-13(11-14-3-2-10-23-14)19-16(22)21-8-6-20(7-9-21)15-12-17-4-5-18-15/h2-5,10,12-13H,6-9,11H2,1H3,(H,19,22)/t13-/m0/s1. The van der Waals surface area contributed by atoms with Gasteiger partial charge in [-0.1, -0.05) is 0 Å². The number of amides is 2. The Morgan fingerprint density at radius 1 is 1.35 bits per heavy atom. The minimum absolute atomic E-state index is 0.0251. The average Bonchev–Trinajstić information content (AvgIpc) is 3.08. The normalized spacial score (nSPS) is 16.2. The van der Waals surface area contributed by atoms with Gasteiger partial charge in [0.25, 0.3) is 0 Å². The second kappa shape index (κ2) is 7.13. The van der Waals surface area contributed by atoms with Crippen LogP contribution in [0, 0.1) is 0 Å². The van der Waals surface area contributed by atoms with Crippen LogP contribution in [0.3, 0.4) is 0 Å². The second-order valence-electron chi connectivity index (χ2n) is 5.67. The van der Waals surface area contributed by atoms with Gasteiger partial charge in [-0.05, 0) is 19.1 Å². The maximum atomic E-state index is 12.3. The molecule has 3 rings (SSSR count). The first kappa shape index (κ1) is 15.3. The molecule has 2 amide bonds. The molecule has 0 aromatic carbocycles. The predicted molar refractivity (Wildman–Crippen MR) is 86.2 cm³/mol. The number of nitrogens with zero attached hydrogens (tertiary/aromatic N) is 4. The fraction of sp³-hybridized carbons (Fsp3) is 0.438. The van der Waals surface area contributed by atoms with Gasteiger partial charge in [-0.15, -0.1) is 0 Å². The number of piperazine rings is 1. The molecule has 1 atom stereocenters. The molecule has 2 aromatic heterocycles. The smallest absolute Gasteiger partial charge is 0.317 e. The molecule has 122 valence electrons. The topological polar surface area (TPSA) is 74.5 Å². The first-order chi connectivity index (χ1) is 11.2. The van der Waals surface area contributed by atoms with Crippen LogP contribution in [0.5, 0.6) is 0 Å². The summed E-state index contributed by atoms with van der Waals surface area (Å²) >= 11 is 0. The van der Waals surface area contributed by atoms with Gasteiger partial charge in [-0.25, -0.2) is 9.78 Å². The van der Waals surface area contributed by atoms with Gasteiger partial charge >= 0.3 is 6.03 Å². The van der Waals surface area contributed by atoms with Crippen LogP contribution < -0.4 is 10.2 Å². The number of hydrogen-bond acceptors (Lipinski definition) is 5. The van der Waals surface area contributed by atoms with Crippen molar-refractivity contribution < 1.29 is 9.21 Å². The van der Waals surface area contributed by atoms with Gasteiger partial charge in [0.05, 0.1) is 12.5 Å². The zero-order valence-corrected chi connectivity index (χ0v) is 13.2. The Morgan fingerprint density at radius 2 is 2.17 bits per heavy atom. The number of nitrogens with one attached hydrogen (secondary N) is 1. The summed E-state index contributed by atoms with van der Waals surface area (Å²) in [5.74, 6) is 1.74. The third-order valence-corrected chi connectivity index (χ3v) is 3.90. The number of hydrogen-bond donors (Lipinski definition) is 1. The van der Waals surface area contributed by atoms with Crippen LogP contribution in [-0.4, -0.2) is 53.1 Å². The van der Waals surface area contributed by atoms with Gasteiger partial charge in [0.15, 0.2) is 0 Å². The molecule has 0 unspecified atom stereocenters. The van der Waals surface area contributed by atoms with E-state index in [9.17, 15) is 4.79 Å². The minimum atomic E-state index is -0.0251. The zero-order valence-electron chi connectivity index (χ0n) is 13.2. The summed E-state index contributed by atoms with van der Waals surface area (Å²) in [5, 5.41) is 3.02. The van der Waals surface area contributed by atoms with E-state index in [2.05, 4.69) is 20.2 Å². The highest BCUT2D eigenvalue weighted by Crippen LogP contribution is 2.12. The summed E-state index contributed by atoms with van der Waals surface area (Å²) in [4.78, 5) is 24.7. The highest BCUT2D eigenvalue weighted by atomic mass is 16.3. The molecule has 7 heteroatoms. The van der Waals surface area contributed by atoms with E-state index in [-0.39, 0.29) is 12.1 Å². The summed E-state index contributed by atoms with van der Waals surface area (Å²) in [6, 6.07) is 3.78. The molecule has 1 fully saturated rings. The average molecular weight is 315 g/mol. The lowest BCUT2D eigenvalue weighted by atomic mass is 10.2. The second-order valence-corrected chi connectivity index (χ2v) is 5.67. The Bertz CT molecular complexity index is 609. The zero-order chi connectivity index (χ0) is 16.1. The summed E-state index contributed by atoms with van der Waals surface area (Å²) in [7, 11) is 0. The maximum Gasteiger partial charge on any atom is 0.317 e. The molecule has 0 spiro atoms. The van der Waals surface area contributed by atoms with Gasteiger partial charge < -0.3 is 19.5 Å². The molecule has 2 aromatic rings. The Balaban J connectivity index is 1.46. The van der Waals surface area contributed by atoms with E-state index < -0.39 is 0 Å². The van der Waals surface area contributed by atoms with Crippen molar-refractivity contribution in [1.29, 1.82) is 0 Å². The Hall–Kier alpha value is -2.57. The van der Waals surface area contributed by atoms with E-state index in [4.69, 9.17) is 4.42 Å². The Labute approximate surface area is 135 Å². The van der Waals surface area contributed by atoms with Crippen molar-refractivity contribution in [3.8, 4) is 0 Å². The molecule has 0 saturated carbocycles. The van der Waals surface area contributed by atoms with Crippen LogP contribution in [0.25, 0.3) is 0 Å². The third kappa shape index (κ3) is 4.00. The molecule has 0 bridgehead atoms. The highest BCUT2D eigenvalue weighted by molar-refractivity contribution is 5.74. The number of furan rings is 1. The summed E-state index contributed by atoms with van der Waals surface area (Å²) < 4.78 is 5.31. The van der Waals surface area contributed by atoms with E-state index in [1.807, 2.05) is 24.0 Å². The summed E-state index contributed by atoms with van der Waals surface area (Å²) in [5.41, 5.74) is 0. The van der Waals surface area contributed by atoms with Crippen LogP contribution in [-0.2, 0) is 6.42 Å². The lowest BCUT2D eigenvalue weighted by Crippen LogP contribution is -2.53. The SMILES string of the molecule is C[C@@H](Cc1ccco1)NC(=O)N1CCN(c2cnccn2)CC1. The monoisotopic (exact) mass is 315 g/mol. The maximum absolute atomic E-state index is 12.3. The fourth-order valence-corrected chi connectivity index (χ4v) is 2.68. The number of carbonyl (C=O) groups excluding carboxylic acids is 1. The third-order valence-electron chi connectivity index (χ3n) is 3.90. The van der Waals surface area contributed by atoms with Crippen molar-refractivity contribution in [3.05, 3.63) is 42.7 Å². The van der Waals surface area contributed by atoms with Gasteiger partial charge in [-0.3, -0.25) is 4.98 Å². The molecule has 0 radical (unpaired) electrons. The van der Waals surface area contributed by atoms with Gasteiger partial charge in [0, 0.05) is 51.0 Å².